The number of rotatable bonds is 3. The van der Waals surface area contributed by atoms with Gasteiger partial charge < -0.3 is 15.2 Å². The van der Waals surface area contributed by atoms with E-state index >= 15 is 0 Å². The van der Waals surface area contributed by atoms with Crippen LogP contribution in [0.2, 0.25) is 0 Å². The summed E-state index contributed by atoms with van der Waals surface area (Å²) in [6.45, 7) is 10.7. The molecular formula is C15H23N5. The van der Waals surface area contributed by atoms with E-state index in [2.05, 4.69) is 33.3 Å². The summed E-state index contributed by atoms with van der Waals surface area (Å²) in [4.78, 5) is 11.4. The van der Waals surface area contributed by atoms with Crippen molar-refractivity contribution in [3.8, 4) is 0 Å². The molecule has 2 aromatic heterocycles. The first kappa shape index (κ1) is 13.4. The molecule has 0 atom stereocenters. The molecule has 0 saturated carbocycles. The van der Waals surface area contributed by atoms with Gasteiger partial charge in [-0.25, -0.2) is 9.97 Å². The average molecular weight is 273 g/mol. The van der Waals surface area contributed by atoms with Gasteiger partial charge in [-0.3, -0.25) is 0 Å². The molecule has 1 aliphatic heterocycles. The zero-order chi connectivity index (χ0) is 14.3. The number of likely N-dealkylation sites (tertiary alicyclic amines) is 1. The normalized spacial score (nSPS) is 16.4. The monoisotopic (exact) mass is 273 g/mol. The van der Waals surface area contributed by atoms with Crippen LogP contribution in [0.4, 0.5) is 5.82 Å². The molecule has 108 valence electrons. The Morgan fingerprint density at radius 2 is 1.75 bits per heavy atom. The maximum atomic E-state index is 6.08. The van der Waals surface area contributed by atoms with Crippen LogP contribution in [-0.2, 0) is 6.54 Å². The topological polar surface area (TPSA) is 60.0 Å². The van der Waals surface area contributed by atoms with Gasteiger partial charge in [0.25, 0.3) is 0 Å². The molecule has 5 nitrogen and oxygen atoms in total. The summed E-state index contributed by atoms with van der Waals surface area (Å²) in [5, 5.41) is 1.02. The molecule has 0 amide bonds. The molecule has 3 rings (SSSR count). The van der Waals surface area contributed by atoms with Crippen molar-refractivity contribution in [3.63, 3.8) is 0 Å². The van der Waals surface area contributed by atoms with Gasteiger partial charge in [-0.2, -0.15) is 0 Å². The van der Waals surface area contributed by atoms with Gasteiger partial charge in [0, 0.05) is 18.8 Å². The zero-order valence-corrected chi connectivity index (χ0v) is 12.6. The first-order valence-electron chi connectivity index (χ1n) is 7.40. The van der Waals surface area contributed by atoms with Crippen molar-refractivity contribution in [2.45, 2.75) is 40.2 Å². The van der Waals surface area contributed by atoms with Crippen molar-refractivity contribution in [2.75, 3.05) is 25.4 Å². The molecule has 1 aliphatic rings. The highest BCUT2D eigenvalue weighted by Gasteiger charge is 2.17. The number of nitrogen functional groups attached to an aromatic ring is 1. The van der Waals surface area contributed by atoms with Crippen LogP contribution in [0, 0.1) is 20.8 Å². The van der Waals surface area contributed by atoms with E-state index in [-0.39, 0.29) is 0 Å². The summed E-state index contributed by atoms with van der Waals surface area (Å²) in [6.07, 6.45) is 2.66. The molecule has 20 heavy (non-hydrogen) atoms. The van der Waals surface area contributed by atoms with Gasteiger partial charge in [0.1, 0.15) is 17.3 Å². The Bertz CT molecular complexity index is 637. The highest BCUT2D eigenvalue weighted by atomic mass is 15.2. The quantitative estimate of drug-likeness (QED) is 0.929. The SMILES string of the molecule is Cc1nc(N)c2c(C)c(C)n(CCN3CCCC3)c2n1. The lowest BCUT2D eigenvalue weighted by atomic mass is 10.2. The van der Waals surface area contributed by atoms with E-state index in [1.807, 2.05) is 6.92 Å². The highest BCUT2D eigenvalue weighted by molar-refractivity contribution is 5.91. The van der Waals surface area contributed by atoms with E-state index in [0.29, 0.717) is 5.82 Å². The highest BCUT2D eigenvalue weighted by Crippen LogP contribution is 2.27. The molecule has 5 heteroatoms. The lowest BCUT2D eigenvalue weighted by molar-refractivity contribution is 0.323. The number of nitrogens with two attached hydrogens (primary N) is 1. The van der Waals surface area contributed by atoms with E-state index in [4.69, 9.17) is 5.73 Å². The number of anilines is 1. The van der Waals surface area contributed by atoms with Gasteiger partial charge in [0.15, 0.2) is 0 Å². The van der Waals surface area contributed by atoms with Gasteiger partial charge in [0.2, 0.25) is 0 Å². The van der Waals surface area contributed by atoms with E-state index < -0.39 is 0 Å². The van der Waals surface area contributed by atoms with E-state index in [9.17, 15) is 0 Å². The Morgan fingerprint density at radius 3 is 2.45 bits per heavy atom. The third-order valence-electron chi connectivity index (χ3n) is 4.45. The van der Waals surface area contributed by atoms with Crippen molar-refractivity contribution in [2.24, 2.45) is 0 Å². The van der Waals surface area contributed by atoms with Gasteiger partial charge in [-0.05, 0) is 52.3 Å². The van der Waals surface area contributed by atoms with Gasteiger partial charge >= 0.3 is 0 Å². The van der Waals surface area contributed by atoms with Crippen LogP contribution in [0.25, 0.3) is 11.0 Å². The number of aromatic nitrogens is 3. The zero-order valence-electron chi connectivity index (χ0n) is 12.6. The second-order valence-electron chi connectivity index (χ2n) is 5.77. The summed E-state index contributed by atoms with van der Waals surface area (Å²) in [5.74, 6) is 1.35. The second kappa shape index (κ2) is 5.05. The molecule has 2 aromatic rings. The summed E-state index contributed by atoms with van der Waals surface area (Å²) in [7, 11) is 0. The lowest BCUT2D eigenvalue weighted by Gasteiger charge is -2.16. The minimum atomic E-state index is 0.605. The van der Waals surface area contributed by atoms with Crippen LogP contribution in [0.5, 0.6) is 0 Å². The Morgan fingerprint density at radius 1 is 1.05 bits per heavy atom. The molecular weight excluding hydrogens is 250 g/mol. The van der Waals surface area contributed by atoms with Crippen LogP contribution in [0.15, 0.2) is 0 Å². The second-order valence-corrected chi connectivity index (χ2v) is 5.77. The Balaban J connectivity index is 1.98. The third-order valence-corrected chi connectivity index (χ3v) is 4.45. The standard InChI is InChI=1S/C15H23N5/c1-10-11(2)20(9-8-19-6-4-5-7-19)15-13(10)14(16)17-12(3)18-15/h4-9H2,1-3H3,(H2,16,17,18). The van der Waals surface area contributed by atoms with Gasteiger partial charge in [0.05, 0.1) is 5.39 Å². The predicted molar refractivity (Wildman–Crippen MR) is 81.8 cm³/mol. The lowest BCUT2D eigenvalue weighted by Crippen LogP contribution is -2.24. The fourth-order valence-electron chi connectivity index (χ4n) is 3.20. The third kappa shape index (κ3) is 2.16. The molecule has 0 unspecified atom stereocenters. The summed E-state index contributed by atoms with van der Waals surface area (Å²) >= 11 is 0. The van der Waals surface area contributed by atoms with Crippen LogP contribution in [0.3, 0.4) is 0 Å². The average Bonchev–Trinajstić information content (AvgIpc) is 2.97. The number of aryl methyl sites for hydroxylation is 2. The Kier molecular flexibility index (Phi) is 3.38. The smallest absolute Gasteiger partial charge is 0.146 e. The maximum absolute atomic E-state index is 6.08. The van der Waals surface area contributed by atoms with Gasteiger partial charge in [-0.15, -0.1) is 0 Å². The summed E-state index contributed by atoms with van der Waals surface area (Å²) in [6, 6.07) is 0. The minimum absolute atomic E-state index is 0.605. The first-order valence-corrected chi connectivity index (χ1v) is 7.40. The molecule has 1 saturated heterocycles. The maximum Gasteiger partial charge on any atom is 0.146 e. The molecule has 0 spiro atoms. The van der Waals surface area contributed by atoms with Crippen LogP contribution >= 0.6 is 0 Å². The number of fused-ring (bicyclic) bond motifs is 1. The fraction of sp³-hybridized carbons (Fsp3) is 0.600. The molecule has 1 fully saturated rings. The van der Waals surface area contributed by atoms with Crippen molar-refractivity contribution in [1.29, 1.82) is 0 Å². The number of hydrogen-bond acceptors (Lipinski definition) is 4. The number of nitrogens with zero attached hydrogens (tertiary/aromatic N) is 4. The van der Waals surface area contributed by atoms with Gasteiger partial charge in [-0.1, -0.05) is 0 Å². The Hall–Kier alpha value is -1.62. The minimum Gasteiger partial charge on any atom is -0.383 e. The van der Waals surface area contributed by atoms with Crippen molar-refractivity contribution in [1.82, 2.24) is 19.4 Å². The van der Waals surface area contributed by atoms with Crippen LogP contribution in [-0.4, -0.2) is 39.1 Å². The molecule has 0 aliphatic carbocycles. The van der Waals surface area contributed by atoms with Crippen LogP contribution < -0.4 is 5.73 Å². The van der Waals surface area contributed by atoms with Crippen molar-refractivity contribution >= 4 is 16.9 Å². The molecule has 3 heterocycles. The van der Waals surface area contributed by atoms with E-state index in [1.165, 1.54) is 37.2 Å². The van der Waals surface area contributed by atoms with E-state index in [1.54, 1.807) is 0 Å². The van der Waals surface area contributed by atoms with E-state index in [0.717, 1.165) is 29.9 Å². The number of hydrogen-bond donors (Lipinski definition) is 1. The first-order chi connectivity index (χ1) is 9.58. The summed E-state index contributed by atoms with van der Waals surface area (Å²) in [5.41, 5.74) is 9.54. The largest absolute Gasteiger partial charge is 0.383 e. The van der Waals surface area contributed by atoms with Crippen molar-refractivity contribution in [3.05, 3.63) is 17.1 Å². The van der Waals surface area contributed by atoms with Crippen LogP contribution in [0.1, 0.15) is 29.9 Å². The Labute approximate surface area is 119 Å². The summed E-state index contributed by atoms with van der Waals surface area (Å²) < 4.78 is 2.30. The predicted octanol–water partition coefficient (Wildman–Crippen LogP) is 2.03. The molecule has 0 bridgehead atoms. The van der Waals surface area contributed by atoms with Crippen molar-refractivity contribution < 1.29 is 0 Å². The molecule has 2 N–H and O–H groups in total. The fourth-order valence-corrected chi connectivity index (χ4v) is 3.20. The molecule has 0 radical (unpaired) electrons. The molecule has 0 aromatic carbocycles.